The van der Waals surface area contributed by atoms with Crippen molar-refractivity contribution in [3.05, 3.63) is 77.6 Å². The van der Waals surface area contributed by atoms with E-state index in [0.717, 1.165) is 24.3 Å². The number of hydrogen-bond acceptors (Lipinski definition) is 2. The fourth-order valence-electron chi connectivity index (χ4n) is 2.62. The van der Waals surface area contributed by atoms with Crippen LogP contribution in [0.1, 0.15) is 16.8 Å². The highest BCUT2D eigenvalue weighted by molar-refractivity contribution is 5.75. The molecule has 0 aliphatic carbocycles. The lowest BCUT2D eigenvalue weighted by Gasteiger charge is -2.11. The van der Waals surface area contributed by atoms with Gasteiger partial charge in [0.15, 0.2) is 0 Å². The predicted molar refractivity (Wildman–Crippen MR) is 89.8 cm³/mol. The third-order valence-electron chi connectivity index (χ3n) is 4.06. The van der Waals surface area contributed by atoms with Gasteiger partial charge < -0.3 is 0 Å². The molecule has 3 rings (SSSR count). The first-order chi connectivity index (χ1) is 13.1. The highest BCUT2D eigenvalue weighted by Crippen LogP contribution is 2.34. The number of hydrogen-bond donors (Lipinski definition) is 0. The van der Waals surface area contributed by atoms with Crippen LogP contribution in [0.2, 0.25) is 0 Å². The molecule has 0 aliphatic rings. The molecule has 0 spiro atoms. The van der Waals surface area contributed by atoms with Gasteiger partial charge in [0.05, 0.1) is 11.1 Å². The van der Waals surface area contributed by atoms with E-state index in [1.165, 1.54) is 36.5 Å². The Bertz CT molecular complexity index is 1030. The van der Waals surface area contributed by atoms with Gasteiger partial charge in [-0.1, -0.05) is 24.3 Å². The minimum Gasteiger partial charge on any atom is -0.244 e. The van der Waals surface area contributed by atoms with Crippen LogP contribution in [0.3, 0.4) is 0 Å². The largest absolute Gasteiger partial charge is 0.416 e. The van der Waals surface area contributed by atoms with Crippen LogP contribution in [-0.4, -0.2) is 4.98 Å². The fraction of sp³-hybridized carbons (Fsp3) is 0.100. The molecule has 0 N–H and O–H groups in total. The summed E-state index contributed by atoms with van der Waals surface area (Å²) in [6.45, 7) is 0. The van der Waals surface area contributed by atoms with E-state index >= 15 is 0 Å². The Hall–Kier alpha value is -3.34. The van der Waals surface area contributed by atoms with Gasteiger partial charge in [-0.3, -0.25) is 0 Å². The topological polar surface area (TPSA) is 36.7 Å². The Morgan fingerprint density at radius 1 is 0.679 bits per heavy atom. The van der Waals surface area contributed by atoms with Gasteiger partial charge >= 0.3 is 12.4 Å². The summed E-state index contributed by atoms with van der Waals surface area (Å²) in [5, 5.41) is 9.23. The second-order valence-electron chi connectivity index (χ2n) is 5.88. The maximum absolute atomic E-state index is 12.7. The number of aromatic nitrogens is 1. The van der Waals surface area contributed by atoms with Crippen LogP contribution in [0.5, 0.6) is 0 Å². The van der Waals surface area contributed by atoms with Crippen molar-refractivity contribution in [2.75, 3.05) is 0 Å². The zero-order valence-electron chi connectivity index (χ0n) is 13.9. The van der Waals surface area contributed by atoms with Crippen LogP contribution < -0.4 is 0 Å². The van der Waals surface area contributed by atoms with Gasteiger partial charge in [0.1, 0.15) is 11.8 Å². The molecular formula is C20H10F6N2. The predicted octanol–water partition coefficient (Wildman–Crippen LogP) is 6.32. The Balaban J connectivity index is 2.02. The summed E-state index contributed by atoms with van der Waals surface area (Å²) in [5.41, 5.74) is -0.155. The molecule has 3 aromatic rings. The number of pyridine rings is 1. The van der Waals surface area contributed by atoms with Crippen LogP contribution in [0.4, 0.5) is 26.3 Å². The Labute approximate surface area is 155 Å². The fourth-order valence-corrected chi connectivity index (χ4v) is 2.62. The number of rotatable bonds is 2. The van der Waals surface area contributed by atoms with Crippen molar-refractivity contribution in [3.8, 4) is 28.3 Å². The molecule has 0 radical (unpaired) electrons. The zero-order chi connectivity index (χ0) is 20.5. The minimum absolute atomic E-state index is 0.00424. The van der Waals surface area contributed by atoms with Crippen molar-refractivity contribution in [3.63, 3.8) is 0 Å². The maximum atomic E-state index is 12.7. The lowest BCUT2D eigenvalue weighted by atomic mass is 9.98. The molecule has 0 unspecified atom stereocenters. The van der Waals surface area contributed by atoms with Crippen molar-refractivity contribution in [2.45, 2.75) is 12.4 Å². The Morgan fingerprint density at radius 2 is 1.14 bits per heavy atom. The highest BCUT2D eigenvalue weighted by atomic mass is 19.4. The normalized spacial score (nSPS) is 11.9. The van der Waals surface area contributed by atoms with Gasteiger partial charge in [0.2, 0.25) is 0 Å². The number of alkyl halides is 6. The summed E-state index contributed by atoms with van der Waals surface area (Å²) in [5.74, 6) is 0. The van der Waals surface area contributed by atoms with Crippen LogP contribution in [0.25, 0.3) is 22.3 Å². The molecule has 142 valence electrons. The van der Waals surface area contributed by atoms with Crippen molar-refractivity contribution in [1.82, 2.24) is 4.98 Å². The lowest BCUT2D eigenvalue weighted by Crippen LogP contribution is -2.04. The van der Waals surface area contributed by atoms with Crippen molar-refractivity contribution in [1.29, 1.82) is 5.26 Å². The molecule has 2 nitrogen and oxygen atoms in total. The molecular weight excluding hydrogens is 382 g/mol. The summed E-state index contributed by atoms with van der Waals surface area (Å²) in [6.07, 6.45) is -7.63. The number of nitriles is 1. The lowest BCUT2D eigenvalue weighted by molar-refractivity contribution is -0.138. The van der Waals surface area contributed by atoms with Gasteiger partial charge in [-0.05, 0) is 41.5 Å². The third kappa shape index (κ3) is 3.98. The Kier molecular flexibility index (Phi) is 4.86. The SMILES string of the molecule is N#Cc1ncc(-c2ccc(C(F)(F)F)cc2)cc1-c1ccc(C(F)(F)F)cc1. The summed E-state index contributed by atoms with van der Waals surface area (Å²) in [7, 11) is 0. The van der Waals surface area contributed by atoms with E-state index in [-0.39, 0.29) is 11.3 Å². The van der Waals surface area contributed by atoms with E-state index in [1.54, 1.807) is 0 Å². The van der Waals surface area contributed by atoms with E-state index in [1.807, 2.05) is 6.07 Å². The smallest absolute Gasteiger partial charge is 0.244 e. The molecule has 28 heavy (non-hydrogen) atoms. The summed E-state index contributed by atoms with van der Waals surface area (Å²) in [6, 6.07) is 12.0. The second-order valence-corrected chi connectivity index (χ2v) is 5.88. The van der Waals surface area contributed by atoms with Gasteiger partial charge in [0.25, 0.3) is 0 Å². The molecule has 1 aromatic heterocycles. The van der Waals surface area contributed by atoms with Crippen LogP contribution >= 0.6 is 0 Å². The molecule has 8 heteroatoms. The van der Waals surface area contributed by atoms with Gasteiger partial charge in [-0.25, -0.2) is 4.98 Å². The van der Waals surface area contributed by atoms with Crippen molar-refractivity contribution >= 4 is 0 Å². The first kappa shape index (κ1) is 19.4. The van der Waals surface area contributed by atoms with Crippen molar-refractivity contribution < 1.29 is 26.3 Å². The Morgan fingerprint density at radius 3 is 1.57 bits per heavy atom. The molecule has 0 atom stereocenters. The van der Waals surface area contributed by atoms with Gasteiger partial charge in [-0.2, -0.15) is 31.6 Å². The monoisotopic (exact) mass is 392 g/mol. The second kappa shape index (κ2) is 7.00. The quantitative estimate of drug-likeness (QED) is 0.478. The molecule has 0 saturated heterocycles. The standard InChI is InChI=1S/C20H10F6N2/c21-19(22,23)15-5-1-12(2-6-15)14-9-17(18(10-27)28-11-14)13-3-7-16(8-4-13)20(24,25)26/h1-9,11H. The third-order valence-corrected chi connectivity index (χ3v) is 4.06. The first-order valence-corrected chi connectivity index (χ1v) is 7.85. The summed E-state index contributed by atoms with van der Waals surface area (Å²) in [4.78, 5) is 3.99. The molecule has 2 aromatic carbocycles. The van der Waals surface area contributed by atoms with E-state index < -0.39 is 23.5 Å². The average Bonchev–Trinajstić information content (AvgIpc) is 2.66. The first-order valence-electron chi connectivity index (χ1n) is 7.85. The van der Waals surface area contributed by atoms with Crippen LogP contribution in [0, 0.1) is 11.3 Å². The van der Waals surface area contributed by atoms with Gasteiger partial charge in [-0.15, -0.1) is 0 Å². The summed E-state index contributed by atoms with van der Waals surface area (Å²) >= 11 is 0. The maximum Gasteiger partial charge on any atom is 0.416 e. The number of halogens is 6. The van der Waals surface area contributed by atoms with E-state index in [0.29, 0.717) is 16.7 Å². The molecule has 0 bridgehead atoms. The van der Waals surface area contributed by atoms with Crippen LogP contribution in [0.15, 0.2) is 60.8 Å². The molecule has 0 fully saturated rings. The molecule has 1 heterocycles. The average molecular weight is 392 g/mol. The van der Waals surface area contributed by atoms with E-state index in [4.69, 9.17) is 0 Å². The van der Waals surface area contributed by atoms with E-state index in [9.17, 15) is 31.6 Å². The van der Waals surface area contributed by atoms with Gasteiger partial charge in [0, 0.05) is 17.3 Å². The van der Waals surface area contributed by atoms with Crippen LogP contribution in [-0.2, 0) is 12.4 Å². The molecule has 0 saturated carbocycles. The number of nitrogens with zero attached hydrogens (tertiary/aromatic N) is 2. The highest BCUT2D eigenvalue weighted by Gasteiger charge is 2.31. The number of benzene rings is 2. The molecule has 0 aliphatic heterocycles. The minimum atomic E-state index is -4.49. The summed E-state index contributed by atoms with van der Waals surface area (Å²) < 4.78 is 76.3. The molecule has 0 amide bonds. The van der Waals surface area contributed by atoms with E-state index in [2.05, 4.69) is 4.98 Å². The zero-order valence-corrected chi connectivity index (χ0v) is 13.9. The van der Waals surface area contributed by atoms with Crippen molar-refractivity contribution in [2.24, 2.45) is 0 Å².